The zero-order valence-electron chi connectivity index (χ0n) is 8.98. The fourth-order valence-electron chi connectivity index (χ4n) is 1.61. The SMILES string of the molecule is OC(Cc1ccccc1Br)c1ncccc1Cl. The number of aliphatic hydroxyl groups is 1. The first-order chi connectivity index (χ1) is 8.18. The van der Waals surface area contributed by atoms with Gasteiger partial charge in [-0.1, -0.05) is 45.7 Å². The van der Waals surface area contributed by atoms with Gasteiger partial charge in [0.1, 0.15) is 6.10 Å². The number of benzene rings is 1. The van der Waals surface area contributed by atoms with Gasteiger partial charge < -0.3 is 5.11 Å². The molecule has 1 heterocycles. The van der Waals surface area contributed by atoms with Gasteiger partial charge in [-0.2, -0.15) is 0 Å². The molecule has 0 aliphatic heterocycles. The van der Waals surface area contributed by atoms with E-state index in [2.05, 4.69) is 20.9 Å². The highest BCUT2D eigenvalue weighted by Gasteiger charge is 2.14. The highest BCUT2D eigenvalue weighted by molar-refractivity contribution is 9.10. The molecule has 1 unspecified atom stereocenters. The molecule has 0 fully saturated rings. The van der Waals surface area contributed by atoms with Gasteiger partial charge in [0.15, 0.2) is 0 Å². The third-order valence-electron chi connectivity index (χ3n) is 2.47. The fourth-order valence-corrected chi connectivity index (χ4v) is 2.31. The van der Waals surface area contributed by atoms with Gasteiger partial charge in [-0.05, 0) is 23.8 Å². The lowest BCUT2D eigenvalue weighted by Crippen LogP contribution is -2.05. The zero-order valence-corrected chi connectivity index (χ0v) is 11.3. The van der Waals surface area contributed by atoms with Crippen LogP contribution in [0.15, 0.2) is 47.1 Å². The van der Waals surface area contributed by atoms with Gasteiger partial charge in [0.2, 0.25) is 0 Å². The van der Waals surface area contributed by atoms with Gasteiger partial charge in [0.05, 0.1) is 10.7 Å². The number of aliphatic hydroxyl groups excluding tert-OH is 1. The van der Waals surface area contributed by atoms with Gasteiger partial charge in [-0.3, -0.25) is 4.98 Å². The van der Waals surface area contributed by atoms with Gasteiger partial charge in [0.25, 0.3) is 0 Å². The van der Waals surface area contributed by atoms with Crippen LogP contribution in [0.1, 0.15) is 17.4 Å². The predicted octanol–water partition coefficient (Wildman–Crippen LogP) is 3.77. The van der Waals surface area contributed by atoms with E-state index < -0.39 is 6.10 Å². The molecule has 0 aliphatic rings. The molecule has 0 radical (unpaired) electrons. The standard InChI is InChI=1S/C13H11BrClNO/c14-10-5-2-1-4-9(10)8-12(17)13-11(15)6-3-7-16-13/h1-7,12,17H,8H2. The molecule has 2 rings (SSSR count). The van der Waals surface area contributed by atoms with E-state index in [1.165, 1.54) is 0 Å². The number of pyridine rings is 1. The first kappa shape index (κ1) is 12.6. The van der Waals surface area contributed by atoms with Gasteiger partial charge in [-0.15, -0.1) is 0 Å². The van der Waals surface area contributed by atoms with E-state index in [0.717, 1.165) is 10.0 Å². The van der Waals surface area contributed by atoms with Crippen LogP contribution in [0.3, 0.4) is 0 Å². The molecule has 1 N–H and O–H groups in total. The summed E-state index contributed by atoms with van der Waals surface area (Å²) in [7, 11) is 0. The van der Waals surface area contributed by atoms with Crippen LogP contribution in [-0.4, -0.2) is 10.1 Å². The Balaban J connectivity index is 2.20. The predicted molar refractivity (Wildman–Crippen MR) is 72.1 cm³/mol. The van der Waals surface area contributed by atoms with Crippen molar-refractivity contribution in [2.75, 3.05) is 0 Å². The summed E-state index contributed by atoms with van der Waals surface area (Å²) >= 11 is 9.44. The summed E-state index contributed by atoms with van der Waals surface area (Å²) in [5.41, 5.74) is 1.55. The minimum atomic E-state index is -0.692. The Morgan fingerprint density at radius 3 is 2.71 bits per heavy atom. The minimum absolute atomic E-state index is 0.484. The first-order valence-corrected chi connectivity index (χ1v) is 6.37. The maximum atomic E-state index is 10.1. The topological polar surface area (TPSA) is 33.1 Å². The molecule has 4 heteroatoms. The van der Waals surface area contributed by atoms with Crippen LogP contribution >= 0.6 is 27.5 Å². The van der Waals surface area contributed by atoms with Crippen molar-refractivity contribution in [2.45, 2.75) is 12.5 Å². The molecule has 1 aromatic carbocycles. The maximum Gasteiger partial charge on any atom is 0.101 e. The van der Waals surface area contributed by atoms with E-state index >= 15 is 0 Å². The average Bonchev–Trinajstić information content (AvgIpc) is 2.32. The van der Waals surface area contributed by atoms with Crippen molar-refractivity contribution in [1.82, 2.24) is 4.98 Å². The van der Waals surface area contributed by atoms with Crippen molar-refractivity contribution in [2.24, 2.45) is 0 Å². The van der Waals surface area contributed by atoms with Crippen LogP contribution in [0.2, 0.25) is 5.02 Å². The highest BCUT2D eigenvalue weighted by Crippen LogP contribution is 2.26. The molecule has 0 saturated carbocycles. The van der Waals surface area contributed by atoms with Crippen molar-refractivity contribution in [3.8, 4) is 0 Å². The van der Waals surface area contributed by atoms with Crippen LogP contribution < -0.4 is 0 Å². The molecular formula is C13H11BrClNO. The largest absolute Gasteiger partial charge is 0.386 e. The number of halogens is 2. The molecule has 1 atom stereocenters. The summed E-state index contributed by atoms with van der Waals surface area (Å²) in [6, 6.07) is 11.3. The van der Waals surface area contributed by atoms with Gasteiger partial charge >= 0.3 is 0 Å². The van der Waals surface area contributed by atoms with E-state index in [-0.39, 0.29) is 0 Å². The first-order valence-electron chi connectivity index (χ1n) is 5.20. The number of hydrogen-bond acceptors (Lipinski definition) is 2. The van der Waals surface area contributed by atoms with Crippen molar-refractivity contribution >= 4 is 27.5 Å². The second kappa shape index (κ2) is 5.63. The molecule has 0 saturated heterocycles. The highest BCUT2D eigenvalue weighted by atomic mass is 79.9. The van der Waals surface area contributed by atoms with E-state index in [9.17, 15) is 5.11 Å². The molecular weight excluding hydrogens is 302 g/mol. The Morgan fingerprint density at radius 1 is 1.24 bits per heavy atom. The maximum absolute atomic E-state index is 10.1. The van der Waals surface area contributed by atoms with Gasteiger partial charge in [0, 0.05) is 17.1 Å². The van der Waals surface area contributed by atoms with Crippen molar-refractivity contribution in [3.05, 3.63) is 63.3 Å². The van der Waals surface area contributed by atoms with Crippen molar-refractivity contribution < 1.29 is 5.11 Å². The third kappa shape index (κ3) is 3.06. The summed E-state index contributed by atoms with van der Waals surface area (Å²) < 4.78 is 0.978. The molecule has 0 amide bonds. The van der Waals surface area contributed by atoms with Crippen LogP contribution in [0.25, 0.3) is 0 Å². The lowest BCUT2D eigenvalue weighted by molar-refractivity contribution is 0.173. The monoisotopic (exact) mass is 311 g/mol. The van der Waals surface area contributed by atoms with Crippen LogP contribution in [-0.2, 0) is 6.42 Å². The summed E-state index contributed by atoms with van der Waals surface area (Å²) in [6.07, 6.45) is 1.42. The molecule has 0 aliphatic carbocycles. The molecule has 2 nitrogen and oxygen atoms in total. The Bertz CT molecular complexity index is 518. The van der Waals surface area contributed by atoms with Crippen molar-refractivity contribution in [1.29, 1.82) is 0 Å². The Morgan fingerprint density at radius 2 is 2.00 bits per heavy atom. The van der Waals surface area contributed by atoms with E-state index in [1.807, 2.05) is 24.3 Å². The van der Waals surface area contributed by atoms with E-state index in [4.69, 9.17) is 11.6 Å². The Labute approximate surface area is 113 Å². The second-order valence-electron chi connectivity index (χ2n) is 3.68. The summed E-state index contributed by atoms with van der Waals surface area (Å²) in [6.45, 7) is 0. The Kier molecular flexibility index (Phi) is 4.15. The smallest absolute Gasteiger partial charge is 0.101 e. The van der Waals surface area contributed by atoms with Crippen LogP contribution in [0.4, 0.5) is 0 Å². The third-order valence-corrected chi connectivity index (χ3v) is 3.57. The number of nitrogens with zero attached hydrogens (tertiary/aromatic N) is 1. The molecule has 17 heavy (non-hydrogen) atoms. The fraction of sp³-hybridized carbons (Fsp3) is 0.154. The van der Waals surface area contributed by atoms with Gasteiger partial charge in [-0.25, -0.2) is 0 Å². The minimum Gasteiger partial charge on any atom is -0.386 e. The summed E-state index contributed by atoms with van der Waals surface area (Å²) in [4.78, 5) is 4.11. The normalized spacial score (nSPS) is 12.4. The summed E-state index contributed by atoms with van der Waals surface area (Å²) in [5, 5.41) is 10.6. The lowest BCUT2D eigenvalue weighted by Gasteiger charge is -2.12. The number of aromatic nitrogens is 1. The molecule has 0 bridgehead atoms. The van der Waals surface area contributed by atoms with E-state index in [1.54, 1.807) is 18.3 Å². The molecule has 0 spiro atoms. The second-order valence-corrected chi connectivity index (χ2v) is 4.94. The molecule has 2 aromatic rings. The number of hydrogen-bond donors (Lipinski definition) is 1. The summed E-state index contributed by atoms with van der Waals surface area (Å²) in [5.74, 6) is 0. The van der Waals surface area contributed by atoms with Crippen LogP contribution in [0.5, 0.6) is 0 Å². The molecule has 88 valence electrons. The average molecular weight is 313 g/mol. The zero-order chi connectivity index (χ0) is 12.3. The lowest BCUT2D eigenvalue weighted by atomic mass is 10.1. The van der Waals surface area contributed by atoms with E-state index in [0.29, 0.717) is 17.1 Å². The quantitative estimate of drug-likeness (QED) is 0.936. The molecule has 1 aromatic heterocycles. The van der Waals surface area contributed by atoms with Crippen LogP contribution in [0, 0.1) is 0 Å². The Hall–Kier alpha value is -0.900. The number of rotatable bonds is 3. The van der Waals surface area contributed by atoms with Crippen molar-refractivity contribution in [3.63, 3.8) is 0 Å².